The molecule has 1 N–H and O–H groups in total. The fourth-order valence-corrected chi connectivity index (χ4v) is 2.70. The van der Waals surface area contributed by atoms with E-state index >= 15 is 0 Å². The Balaban J connectivity index is 3.06. The Morgan fingerprint density at radius 3 is 2.63 bits per heavy atom. The fraction of sp³-hybridized carbons (Fsp3) is 0.400. The van der Waals surface area contributed by atoms with Crippen molar-refractivity contribution >= 4 is 31.6 Å². The van der Waals surface area contributed by atoms with Gasteiger partial charge in [-0.2, -0.15) is 0 Å². The SMILES string of the molecule is CC(C)CONS(=O)(=O)c1cc(Br)ccc1[N+](=O)[O-]. The van der Waals surface area contributed by atoms with Gasteiger partial charge in [-0.1, -0.05) is 34.7 Å². The summed E-state index contributed by atoms with van der Waals surface area (Å²) in [5.74, 6) is 0.125. The average molecular weight is 353 g/mol. The Kier molecular flexibility index (Phi) is 5.41. The lowest BCUT2D eigenvalue weighted by molar-refractivity contribution is -0.387. The number of nitrogens with one attached hydrogen (secondary N) is 1. The molecule has 0 aliphatic heterocycles. The molecule has 0 unspecified atom stereocenters. The predicted molar refractivity (Wildman–Crippen MR) is 71.9 cm³/mol. The molecule has 0 heterocycles. The lowest BCUT2D eigenvalue weighted by Gasteiger charge is -2.09. The van der Waals surface area contributed by atoms with Gasteiger partial charge >= 0.3 is 0 Å². The molecule has 0 radical (unpaired) electrons. The molecule has 0 aromatic heterocycles. The monoisotopic (exact) mass is 352 g/mol. The van der Waals surface area contributed by atoms with Crippen molar-refractivity contribution in [2.45, 2.75) is 18.7 Å². The number of nitro benzene ring substituents is 1. The number of nitro groups is 1. The Morgan fingerprint density at radius 2 is 2.11 bits per heavy atom. The number of hydrogen-bond acceptors (Lipinski definition) is 5. The van der Waals surface area contributed by atoms with E-state index in [4.69, 9.17) is 4.84 Å². The summed E-state index contributed by atoms with van der Waals surface area (Å²) >= 11 is 3.07. The van der Waals surface area contributed by atoms with Gasteiger partial charge in [0, 0.05) is 10.5 Å². The van der Waals surface area contributed by atoms with Gasteiger partial charge in [-0.15, -0.1) is 0 Å². The maximum atomic E-state index is 11.9. The van der Waals surface area contributed by atoms with E-state index in [2.05, 4.69) is 15.9 Å². The van der Waals surface area contributed by atoms with Gasteiger partial charge in [0.25, 0.3) is 15.7 Å². The highest BCUT2D eigenvalue weighted by Gasteiger charge is 2.26. The zero-order valence-electron chi connectivity index (χ0n) is 10.3. The van der Waals surface area contributed by atoms with Crippen molar-refractivity contribution in [3.8, 4) is 0 Å². The topological polar surface area (TPSA) is 98.5 Å². The van der Waals surface area contributed by atoms with Crippen LogP contribution in [0.25, 0.3) is 0 Å². The molecule has 7 nitrogen and oxygen atoms in total. The Labute approximate surface area is 119 Å². The van der Waals surface area contributed by atoms with Crippen LogP contribution in [0.4, 0.5) is 5.69 Å². The maximum Gasteiger partial charge on any atom is 0.289 e. The largest absolute Gasteiger partial charge is 0.289 e. The molecule has 0 saturated carbocycles. The number of benzene rings is 1. The second kappa shape index (κ2) is 6.42. The average Bonchev–Trinajstić information content (AvgIpc) is 2.27. The van der Waals surface area contributed by atoms with E-state index in [0.29, 0.717) is 4.47 Å². The Morgan fingerprint density at radius 1 is 1.47 bits per heavy atom. The lowest BCUT2D eigenvalue weighted by atomic mass is 10.2. The van der Waals surface area contributed by atoms with Crippen molar-refractivity contribution in [3.63, 3.8) is 0 Å². The summed E-state index contributed by atoms with van der Waals surface area (Å²) in [7, 11) is -4.10. The van der Waals surface area contributed by atoms with Crippen LogP contribution in [-0.4, -0.2) is 19.9 Å². The van der Waals surface area contributed by atoms with Crippen LogP contribution in [0.3, 0.4) is 0 Å². The van der Waals surface area contributed by atoms with Gasteiger partial charge in [0.15, 0.2) is 4.90 Å². The van der Waals surface area contributed by atoms with E-state index in [1.165, 1.54) is 6.07 Å². The minimum atomic E-state index is -4.10. The van der Waals surface area contributed by atoms with Crippen LogP contribution >= 0.6 is 15.9 Å². The predicted octanol–water partition coefficient (Wildman–Crippen LogP) is 2.22. The lowest BCUT2D eigenvalue weighted by Crippen LogP contribution is -2.26. The molecule has 0 amide bonds. The zero-order chi connectivity index (χ0) is 14.6. The van der Waals surface area contributed by atoms with Crippen LogP contribution in [-0.2, 0) is 14.9 Å². The highest BCUT2D eigenvalue weighted by molar-refractivity contribution is 9.10. The summed E-state index contributed by atoms with van der Waals surface area (Å²) in [5.41, 5.74) is -0.510. The van der Waals surface area contributed by atoms with Crippen molar-refractivity contribution in [1.82, 2.24) is 4.89 Å². The quantitative estimate of drug-likeness (QED) is 0.625. The van der Waals surface area contributed by atoms with E-state index < -0.39 is 25.5 Å². The summed E-state index contributed by atoms with van der Waals surface area (Å²) in [6, 6.07) is 3.66. The molecule has 0 aliphatic carbocycles. The minimum Gasteiger partial charge on any atom is -0.287 e. The van der Waals surface area contributed by atoms with Crippen molar-refractivity contribution in [2.24, 2.45) is 5.92 Å². The normalized spacial score (nSPS) is 11.8. The molecule has 9 heteroatoms. The Hall–Kier alpha value is -1.03. The number of hydrogen-bond donors (Lipinski definition) is 1. The third-order valence-corrected chi connectivity index (χ3v) is 3.73. The molecule has 0 bridgehead atoms. The second-order valence-corrected chi connectivity index (χ2v) is 6.69. The molecule has 19 heavy (non-hydrogen) atoms. The molecule has 0 saturated heterocycles. The molecule has 106 valence electrons. The molecular formula is C10H13BrN2O5S. The van der Waals surface area contributed by atoms with Crippen LogP contribution in [0.2, 0.25) is 0 Å². The van der Waals surface area contributed by atoms with E-state index in [1.807, 2.05) is 18.7 Å². The molecule has 1 rings (SSSR count). The minimum absolute atomic E-state index is 0.125. The van der Waals surface area contributed by atoms with Gasteiger partial charge in [0.05, 0.1) is 11.5 Å². The molecule has 0 fully saturated rings. The maximum absolute atomic E-state index is 11.9. The summed E-state index contributed by atoms with van der Waals surface area (Å²) in [6.07, 6.45) is 0. The number of rotatable bonds is 6. The van der Waals surface area contributed by atoms with Crippen LogP contribution in [0.1, 0.15) is 13.8 Å². The van der Waals surface area contributed by atoms with Gasteiger partial charge in [-0.05, 0) is 18.1 Å². The van der Waals surface area contributed by atoms with E-state index in [1.54, 1.807) is 0 Å². The van der Waals surface area contributed by atoms with E-state index in [-0.39, 0.29) is 12.5 Å². The first-order chi connectivity index (χ1) is 8.74. The summed E-state index contributed by atoms with van der Waals surface area (Å²) in [6.45, 7) is 3.85. The van der Waals surface area contributed by atoms with Crippen LogP contribution < -0.4 is 4.89 Å². The molecular weight excluding hydrogens is 340 g/mol. The van der Waals surface area contributed by atoms with Crippen LogP contribution in [0.5, 0.6) is 0 Å². The van der Waals surface area contributed by atoms with Gasteiger partial charge < -0.3 is 0 Å². The molecule has 0 aliphatic rings. The van der Waals surface area contributed by atoms with Crippen molar-refractivity contribution in [1.29, 1.82) is 0 Å². The molecule has 0 spiro atoms. The number of halogens is 1. The van der Waals surface area contributed by atoms with Gasteiger partial charge in [-0.25, -0.2) is 8.42 Å². The van der Waals surface area contributed by atoms with Crippen LogP contribution in [0.15, 0.2) is 27.6 Å². The third kappa shape index (κ3) is 4.53. The van der Waals surface area contributed by atoms with Crippen molar-refractivity contribution in [2.75, 3.05) is 6.61 Å². The molecule has 1 aromatic rings. The van der Waals surface area contributed by atoms with Crippen molar-refractivity contribution in [3.05, 3.63) is 32.8 Å². The molecule has 1 aromatic carbocycles. The smallest absolute Gasteiger partial charge is 0.287 e. The first-order valence-corrected chi connectivity index (χ1v) is 7.59. The Bertz CT molecular complexity index is 573. The highest BCUT2D eigenvalue weighted by Crippen LogP contribution is 2.27. The highest BCUT2D eigenvalue weighted by atomic mass is 79.9. The summed E-state index contributed by atoms with van der Waals surface area (Å²) in [5, 5.41) is 10.8. The van der Waals surface area contributed by atoms with Gasteiger partial charge in [0.2, 0.25) is 0 Å². The van der Waals surface area contributed by atoms with Crippen LogP contribution in [0, 0.1) is 16.0 Å². The van der Waals surface area contributed by atoms with E-state index in [0.717, 1.165) is 12.1 Å². The van der Waals surface area contributed by atoms with Crippen molar-refractivity contribution < 1.29 is 18.2 Å². The summed E-state index contributed by atoms with van der Waals surface area (Å²) in [4.78, 5) is 16.3. The van der Waals surface area contributed by atoms with E-state index in [9.17, 15) is 18.5 Å². The third-order valence-electron chi connectivity index (χ3n) is 1.99. The first kappa shape index (κ1) is 16.0. The fourth-order valence-electron chi connectivity index (χ4n) is 1.18. The first-order valence-electron chi connectivity index (χ1n) is 5.31. The van der Waals surface area contributed by atoms with Gasteiger partial charge in [0.1, 0.15) is 0 Å². The van der Waals surface area contributed by atoms with Gasteiger partial charge in [-0.3, -0.25) is 15.0 Å². The number of nitrogens with zero attached hydrogens (tertiary/aromatic N) is 1. The second-order valence-electron chi connectivity index (χ2n) is 4.16. The number of sulfonamides is 1. The standard InChI is InChI=1S/C10H13BrN2O5S/c1-7(2)6-18-12-19(16,17)10-5-8(11)3-4-9(10)13(14)15/h3-5,7,12H,6H2,1-2H3. The zero-order valence-corrected chi connectivity index (χ0v) is 12.7. The molecule has 0 atom stereocenters. The summed E-state index contributed by atoms with van der Waals surface area (Å²) < 4.78 is 24.3.